The summed E-state index contributed by atoms with van der Waals surface area (Å²) in [6.07, 6.45) is 1.78. The van der Waals surface area contributed by atoms with Crippen LogP contribution in [0.15, 0.2) is 0 Å². The monoisotopic (exact) mass is 184 g/mol. The molecule has 2 atom stereocenters. The van der Waals surface area contributed by atoms with E-state index in [0.29, 0.717) is 0 Å². The fourth-order valence-electron chi connectivity index (χ4n) is 0.976. The van der Waals surface area contributed by atoms with Crippen molar-refractivity contribution in [1.29, 1.82) is 0 Å². The van der Waals surface area contributed by atoms with Gasteiger partial charge in [-0.3, -0.25) is 9.59 Å². The number of hydrogen-bond acceptors (Lipinski definition) is 2. The molecule has 0 bridgehead atoms. The Morgan fingerprint density at radius 1 is 0.923 bits per heavy atom. The number of Topliss-reactive ketones (excluding diaryl/α,β-unsaturated/α-hetero) is 2. The van der Waals surface area contributed by atoms with Gasteiger partial charge in [-0.15, -0.1) is 0 Å². The van der Waals surface area contributed by atoms with E-state index in [4.69, 9.17) is 0 Å². The molecule has 2 nitrogen and oxygen atoms in total. The maximum Gasteiger partial charge on any atom is 0.143 e. The van der Waals surface area contributed by atoms with Crippen LogP contribution in [0.4, 0.5) is 0 Å². The van der Waals surface area contributed by atoms with E-state index >= 15 is 0 Å². The van der Waals surface area contributed by atoms with Gasteiger partial charge in [0.25, 0.3) is 0 Å². The van der Waals surface area contributed by atoms with E-state index in [1.54, 1.807) is 0 Å². The summed E-state index contributed by atoms with van der Waals surface area (Å²) in [5.74, 6) is 0.251. The lowest BCUT2D eigenvalue weighted by atomic mass is 9.93. The van der Waals surface area contributed by atoms with Crippen molar-refractivity contribution < 1.29 is 9.59 Å². The van der Waals surface area contributed by atoms with Crippen LogP contribution in [-0.4, -0.2) is 11.6 Å². The SMILES string of the molecule is CCC(C)C(=O)CC(=O)C(C)CC. The highest BCUT2D eigenvalue weighted by Gasteiger charge is 2.18. The summed E-state index contributed by atoms with van der Waals surface area (Å²) < 4.78 is 0. The third kappa shape index (κ3) is 4.20. The molecule has 0 spiro atoms. The van der Waals surface area contributed by atoms with E-state index in [0.717, 1.165) is 12.8 Å². The summed E-state index contributed by atoms with van der Waals surface area (Å²) in [5, 5.41) is 0. The van der Waals surface area contributed by atoms with Crippen molar-refractivity contribution in [2.24, 2.45) is 11.8 Å². The second-order valence-corrected chi connectivity index (χ2v) is 3.73. The maximum absolute atomic E-state index is 11.4. The fraction of sp³-hybridized carbons (Fsp3) is 0.818. The molecule has 0 radical (unpaired) electrons. The summed E-state index contributed by atoms with van der Waals surface area (Å²) in [6, 6.07) is 0. The van der Waals surface area contributed by atoms with Gasteiger partial charge >= 0.3 is 0 Å². The largest absolute Gasteiger partial charge is 0.299 e. The molecule has 0 N–H and O–H groups in total. The normalized spacial score (nSPS) is 15.1. The van der Waals surface area contributed by atoms with Gasteiger partial charge in [0.1, 0.15) is 11.6 Å². The smallest absolute Gasteiger partial charge is 0.143 e. The molecular weight excluding hydrogens is 164 g/mol. The van der Waals surface area contributed by atoms with Crippen LogP contribution in [0.1, 0.15) is 47.0 Å². The van der Waals surface area contributed by atoms with Gasteiger partial charge in [-0.25, -0.2) is 0 Å². The van der Waals surface area contributed by atoms with E-state index in [9.17, 15) is 9.59 Å². The highest BCUT2D eigenvalue weighted by molar-refractivity contribution is 6.00. The molecule has 2 unspecified atom stereocenters. The number of carbonyl (C=O) groups is 2. The standard InChI is InChI=1S/C11H20O2/c1-5-8(3)10(12)7-11(13)9(4)6-2/h8-9H,5-7H2,1-4H3. The van der Waals surface area contributed by atoms with Crippen LogP contribution in [0.25, 0.3) is 0 Å². The Bertz CT molecular complexity index is 165. The van der Waals surface area contributed by atoms with Crippen molar-refractivity contribution in [3.63, 3.8) is 0 Å². The fourth-order valence-corrected chi connectivity index (χ4v) is 0.976. The molecule has 2 heteroatoms. The molecule has 76 valence electrons. The van der Waals surface area contributed by atoms with Gasteiger partial charge in [-0.05, 0) is 12.8 Å². The van der Waals surface area contributed by atoms with Crippen LogP contribution in [0.3, 0.4) is 0 Å². The minimum Gasteiger partial charge on any atom is -0.299 e. The maximum atomic E-state index is 11.4. The highest BCUT2D eigenvalue weighted by atomic mass is 16.1. The molecule has 0 rings (SSSR count). The molecule has 0 fully saturated rings. The van der Waals surface area contributed by atoms with Crippen LogP contribution in [0.5, 0.6) is 0 Å². The van der Waals surface area contributed by atoms with Gasteiger partial charge < -0.3 is 0 Å². The van der Waals surface area contributed by atoms with E-state index in [1.807, 2.05) is 27.7 Å². The van der Waals surface area contributed by atoms with E-state index in [2.05, 4.69) is 0 Å². The topological polar surface area (TPSA) is 34.1 Å². The Kier molecular flexibility index (Phi) is 5.60. The molecule has 0 heterocycles. The molecule has 0 aliphatic rings. The van der Waals surface area contributed by atoms with Crippen LogP contribution in [0, 0.1) is 11.8 Å². The first-order chi connectivity index (χ1) is 6.02. The molecule has 0 aliphatic carbocycles. The third-order valence-electron chi connectivity index (χ3n) is 2.67. The Labute approximate surface area is 80.7 Å². The van der Waals surface area contributed by atoms with Crippen molar-refractivity contribution >= 4 is 11.6 Å². The molecule has 0 aliphatic heterocycles. The quantitative estimate of drug-likeness (QED) is 0.595. The van der Waals surface area contributed by atoms with Gasteiger partial charge in [-0.2, -0.15) is 0 Å². The van der Waals surface area contributed by atoms with E-state index in [-0.39, 0.29) is 29.8 Å². The number of hydrogen-bond donors (Lipinski definition) is 0. The predicted octanol–water partition coefficient (Wildman–Crippen LogP) is 2.61. The number of carbonyl (C=O) groups excluding carboxylic acids is 2. The van der Waals surface area contributed by atoms with Crippen LogP contribution in [-0.2, 0) is 9.59 Å². The van der Waals surface area contributed by atoms with Gasteiger partial charge in [0.15, 0.2) is 0 Å². The second-order valence-electron chi connectivity index (χ2n) is 3.73. The van der Waals surface area contributed by atoms with Gasteiger partial charge in [0.05, 0.1) is 6.42 Å². The molecule has 0 amide bonds. The van der Waals surface area contributed by atoms with Crippen LogP contribution < -0.4 is 0 Å². The molecule has 13 heavy (non-hydrogen) atoms. The van der Waals surface area contributed by atoms with Crippen molar-refractivity contribution in [3.8, 4) is 0 Å². The Balaban J connectivity index is 3.99. The first kappa shape index (κ1) is 12.3. The minimum absolute atomic E-state index is 0.0352. The number of rotatable bonds is 6. The Hall–Kier alpha value is -0.660. The van der Waals surface area contributed by atoms with Crippen molar-refractivity contribution in [2.75, 3.05) is 0 Å². The van der Waals surface area contributed by atoms with E-state index < -0.39 is 0 Å². The first-order valence-electron chi connectivity index (χ1n) is 5.08. The number of ketones is 2. The predicted molar refractivity (Wildman–Crippen MR) is 53.5 cm³/mol. The molecule has 0 aromatic heterocycles. The average Bonchev–Trinajstić information content (AvgIpc) is 2.14. The Morgan fingerprint density at radius 3 is 1.46 bits per heavy atom. The zero-order valence-corrected chi connectivity index (χ0v) is 9.09. The van der Waals surface area contributed by atoms with E-state index in [1.165, 1.54) is 0 Å². The van der Waals surface area contributed by atoms with Gasteiger partial charge in [0, 0.05) is 11.8 Å². The second kappa shape index (κ2) is 5.90. The minimum atomic E-state index is 0.0352. The summed E-state index contributed by atoms with van der Waals surface area (Å²) in [6.45, 7) is 7.70. The highest BCUT2D eigenvalue weighted by Crippen LogP contribution is 2.10. The third-order valence-corrected chi connectivity index (χ3v) is 2.67. The lowest BCUT2D eigenvalue weighted by Crippen LogP contribution is -2.19. The summed E-state index contributed by atoms with van der Waals surface area (Å²) in [7, 11) is 0. The van der Waals surface area contributed by atoms with Gasteiger partial charge in [0.2, 0.25) is 0 Å². The average molecular weight is 184 g/mol. The molecule has 0 saturated heterocycles. The van der Waals surface area contributed by atoms with Crippen molar-refractivity contribution in [2.45, 2.75) is 47.0 Å². The molecule has 0 saturated carbocycles. The molecule has 0 aromatic carbocycles. The lowest BCUT2D eigenvalue weighted by molar-refractivity contribution is -0.130. The first-order valence-corrected chi connectivity index (χ1v) is 5.08. The van der Waals surface area contributed by atoms with Crippen molar-refractivity contribution in [3.05, 3.63) is 0 Å². The summed E-state index contributed by atoms with van der Waals surface area (Å²) in [4.78, 5) is 22.8. The van der Waals surface area contributed by atoms with Crippen LogP contribution in [0.2, 0.25) is 0 Å². The summed E-state index contributed by atoms with van der Waals surface area (Å²) in [5.41, 5.74) is 0. The molecular formula is C11H20O2. The Morgan fingerprint density at radius 2 is 1.23 bits per heavy atom. The van der Waals surface area contributed by atoms with Crippen LogP contribution >= 0.6 is 0 Å². The zero-order valence-electron chi connectivity index (χ0n) is 9.09. The van der Waals surface area contributed by atoms with Gasteiger partial charge in [-0.1, -0.05) is 27.7 Å². The summed E-state index contributed by atoms with van der Waals surface area (Å²) >= 11 is 0. The zero-order chi connectivity index (χ0) is 10.4. The lowest BCUT2D eigenvalue weighted by Gasteiger charge is -2.09. The van der Waals surface area contributed by atoms with Crippen molar-refractivity contribution in [1.82, 2.24) is 0 Å². The molecule has 0 aromatic rings.